The van der Waals surface area contributed by atoms with E-state index in [4.69, 9.17) is 4.74 Å². The van der Waals surface area contributed by atoms with Crippen LogP contribution in [0.15, 0.2) is 30.3 Å². The first-order valence-corrected chi connectivity index (χ1v) is 8.25. The molecule has 7 heteroatoms. The molecule has 114 valence electrons. The van der Waals surface area contributed by atoms with Gasteiger partial charge in [0.2, 0.25) is 10.0 Å². The molecule has 0 radical (unpaired) electrons. The van der Waals surface area contributed by atoms with Crippen molar-refractivity contribution in [2.45, 2.75) is 6.54 Å². The smallest absolute Gasteiger partial charge is 0.212 e. The summed E-state index contributed by atoms with van der Waals surface area (Å²) in [6.45, 7) is 0.877. The van der Waals surface area contributed by atoms with Crippen LogP contribution in [-0.2, 0) is 16.6 Å². The highest BCUT2D eigenvalue weighted by atomic mass is 32.2. The molecule has 1 heterocycles. The lowest BCUT2D eigenvalue weighted by atomic mass is 10.2. The van der Waals surface area contributed by atoms with Crippen LogP contribution in [0.25, 0.3) is 10.9 Å². The second kappa shape index (κ2) is 6.84. The monoisotopic (exact) mass is 309 g/mol. The normalized spacial score (nSPS) is 11.7. The van der Waals surface area contributed by atoms with Crippen LogP contribution in [0.3, 0.4) is 0 Å². The van der Waals surface area contributed by atoms with Crippen molar-refractivity contribution in [3.63, 3.8) is 0 Å². The Morgan fingerprint density at radius 2 is 2.05 bits per heavy atom. The molecule has 6 nitrogen and oxygen atoms in total. The summed E-state index contributed by atoms with van der Waals surface area (Å²) in [6.07, 6.45) is 0. The number of nitrogens with zero attached hydrogens (tertiary/aromatic N) is 1. The van der Waals surface area contributed by atoms with Gasteiger partial charge in [-0.05, 0) is 19.2 Å². The van der Waals surface area contributed by atoms with Crippen LogP contribution in [0.1, 0.15) is 5.69 Å². The number of rotatable bonds is 7. The first kappa shape index (κ1) is 15.7. The molecule has 0 aliphatic rings. The van der Waals surface area contributed by atoms with E-state index in [1.54, 1.807) is 7.11 Å². The lowest BCUT2D eigenvalue weighted by Crippen LogP contribution is -2.29. The molecule has 2 N–H and O–H groups in total. The van der Waals surface area contributed by atoms with Crippen molar-refractivity contribution in [3.8, 4) is 5.75 Å². The van der Waals surface area contributed by atoms with Crippen LogP contribution in [0.4, 0.5) is 0 Å². The molecule has 0 saturated carbocycles. The van der Waals surface area contributed by atoms with E-state index < -0.39 is 10.0 Å². The average Bonchev–Trinajstić information content (AvgIpc) is 2.51. The number of nitrogens with one attached hydrogen (secondary N) is 2. The summed E-state index contributed by atoms with van der Waals surface area (Å²) in [6, 6.07) is 9.66. The Bertz CT molecular complexity index is 716. The van der Waals surface area contributed by atoms with E-state index in [2.05, 4.69) is 15.0 Å². The van der Waals surface area contributed by atoms with Crippen LogP contribution in [-0.4, -0.2) is 39.9 Å². The van der Waals surface area contributed by atoms with E-state index in [-0.39, 0.29) is 5.75 Å². The van der Waals surface area contributed by atoms with Crippen molar-refractivity contribution < 1.29 is 13.2 Å². The van der Waals surface area contributed by atoms with Gasteiger partial charge in [-0.15, -0.1) is 0 Å². The molecule has 1 aromatic carbocycles. The number of benzene rings is 1. The minimum atomic E-state index is -3.17. The van der Waals surface area contributed by atoms with Gasteiger partial charge in [-0.2, -0.15) is 0 Å². The fourth-order valence-corrected chi connectivity index (χ4v) is 2.57. The lowest BCUT2D eigenvalue weighted by molar-refractivity contribution is 0.419. The van der Waals surface area contributed by atoms with Crippen LogP contribution in [0.2, 0.25) is 0 Å². The van der Waals surface area contributed by atoms with Crippen LogP contribution in [0.5, 0.6) is 5.75 Å². The number of hydrogen-bond donors (Lipinski definition) is 2. The molecule has 0 spiro atoms. The van der Waals surface area contributed by atoms with Crippen molar-refractivity contribution in [3.05, 3.63) is 36.0 Å². The Labute approximate surface area is 124 Å². The summed E-state index contributed by atoms with van der Waals surface area (Å²) in [7, 11) is -0.148. The maximum atomic E-state index is 11.3. The van der Waals surface area contributed by atoms with E-state index in [1.807, 2.05) is 30.3 Å². The maximum absolute atomic E-state index is 11.3. The molecule has 1 aromatic heterocycles. The number of ether oxygens (including phenoxy) is 1. The van der Waals surface area contributed by atoms with Crippen LogP contribution < -0.4 is 14.8 Å². The van der Waals surface area contributed by atoms with Crippen molar-refractivity contribution in [2.75, 3.05) is 26.5 Å². The third-order valence-electron chi connectivity index (χ3n) is 3.13. The highest BCUT2D eigenvalue weighted by Crippen LogP contribution is 2.23. The minimum Gasteiger partial charge on any atom is -0.494 e. The van der Waals surface area contributed by atoms with E-state index in [0.29, 0.717) is 13.1 Å². The predicted octanol–water partition coefficient (Wildman–Crippen LogP) is 0.882. The number of hydrogen-bond acceptors (Lipinski definition) is 5. The van der Waals surface area contributed by atoms with Crippen molar-refractivity contribution in [1.29, 1.82) is 0 Å². The quantitative estimate of drug-likeness (QED) is 0.742. The molecular formula is C14H19N3O3S. The molecule has 21 heavy (non-hydrogen) atoms. The zero-order chi connectivity index (χ0) is 15.3. The molecular weight excluding hydrogens is 290 g/mol. The number of fused-ring (bicyclic) bond motifs is 1. The summed E-state index contributed by atoms with van der Waals surface area (Å²) < 4.78 is 30.1. The largest absolute Gasteiger partial charge is 0.494 e. The number of sulfonamides is 1. The summed E-state index contributed by atoms with van der Waals surface area (Å²) >= 11 is 0. The number of methoxy groups -OCH3 is 1. The third kappa shape index (κ3) is 4.13. The fourth-order valence-electron chi connectivity index (χ4n) is 1.95. The maximum Gasteiger partial charge on any atom is 0.212 e. The summed E-state index contributed by atoms with van der Waals surface area (Å²) in [5.74, 6) is 0.771. The van der Waals surface area contributed by atoms with Crippen molar-refractivity contribution in [1.82, 2.24) is 15.0 Å². The minimum absolute atomic E-state index is 0.0421. The van der Waals surface area contributed by atoms with Gasteiger partial charge in [-0.3, -0.25) is 0 Å². The molecule has 0 fully saturated rings. The molecule has 2 rings (SSSR count). The van der Waals surface area contributed by atoms with E-state index in [1.165, 1.54) is 7.05 Å². The zero-order valence-electron chi connectivity index (χ0n) is 12.1. The predicted molar refractivity (Wildman–Crippen MR) is 82.8 cm³/mol. The van der Waals surface area contributed by atoms with Gasteiger partial charge in [-0.25, -0.2) is 18.1 Å². The highest BCUT2D eigenvalue weighted by Gasteiger charge is 2.07. The molecule has 0 aliphatic heterocycles. The molecule has 0 bridgehead atoms. The Morgan fingerprint density at radius 3 is 2.76 bits per heavy atom. The Morgan fingerprint density at radius 1 is 1.24 bits per heavy atom. The fraction of sp³-hybridized carbons (Fsp3) is 0.357. The average molecular weight is 309 g/mol. The molecule has 2 aromatic rings. The van der Waals surface area contributed by atoms with Gasteiger partial charge in [0.05, 0.1) is 18.6 Å². The summed E-state index contributed by atoms with van der Waals surface area (Å²) in [5, 5.41) is 4.08. The van der Waals surface area contributed by atoms with Gasteiger partial charge in [0, 0.05) is 18.5 Å². The Kier molecular flexibility index (Phi) is 5.11. The standard InChI is InChI=1S/C14H19N3O3S/c1-15-21(18,19)9-8-16-10-12-7-6-11-4-3-5-13(20-2)14(11)17-12/h3-7,15-16H,8-10H2,1-2H3. The molecule has 0 aliphatic carbocycles. The van der Waals surface area contributed by atoms with Gasteiger partial charge in [0.15, 0.2) is 0 Å². The lowest BCUT2D eigenvalue weighted by Gasteiger charge is -2.08. The Balaban J connectivity index is 2.03. The second-order valence-corrected chi connectivity index (χ2v) is 6.58. The van der Waals surface area contributed by atoms with Crippen molar-refractivity contribution >= 4 is 20.9 Å². The molecule has 0 atom stereocenters. The molecule has 0 saturated heterocycles. The number of pyridine rings is 1. The van der Waals surface area contributed by atoms with Crippen molar-refractivity contribution in [2.24, 2.45) is 0 Å². The highest BCUT2D eigenvalue weighted by molar-refractivity contribution is 7.89. The topological polar surface area (TPSA) is 80.3 Å². The third-order valence-corrected chi connectivity index (χ3v) is 4.49. The zero-order valence-corrected chi connectivity index (χ0v) is 12.9. The van der Waals surface area contributed by atoms with E-state index in [9.17, 15) is 8.42 Å². The molecule has 0 amide bonds. The SMILES string of the molecule is CNS(=O)(=O)CCNCc1ccc2cccc(OC)c2n1. The first-order valence-electron chi connectivity index (χ1n) is 6.60. The van der Waals surface area contributed by atoms with Gasteiger partial charge >= 0.3 is 0 Å². The van der Waals surface area contributed by atoms with Crippen LogP contribution >= 0.6 is 0 Å². The van der Waals surface area contributed by atoms with Gasteiger partial charge in [-0.1, -0.05) is 18.2 Å². The molecule has 0 unspecified atom stereocenters. The first-order chi connectivity index (χ1) is 10.1. The van der Waals surface area contributed by atoms with Gasteiger partial charge in [0.25, 0.3) is 0 Å². The van der Waals surface area contributed by atoms with Gasteiger partial charge in [0.1, 0.15) is 11.3 Å². The number of para-hydroxylation sites is 1. The summed E-state index contributed by atoms with van der Waals surface area (Å²) in [4.78, 5) is 4.55. The Hall–Kier alpha value is -1.70. The second-order valence-electron chi connectivity index (χ2n) is 4.53. The van der Waals surface area contributed by atoms with Crippen LogP contribution in [0, 0.1) is 0 Å². The van der Waals surface area contributed by atoms with Gasteiger partial charge < -0.3 is 10.1 Å². The summed E-state index contributed by atoms with van der Waals surface area (Å²) in [5.41, 5.74) is 1.65. The van der Waals surface area contributed by atoms with E-state index >= 15 is 0 Å². The van der Waals surface area contributed by atoms with E-state index in [0.717, 1.165) is 22.3 Å². The number of aromatic nitrogens is 1.